The molecule has 0 amide bonds. The second-order valence-electron chi connectivity index (χ2n) is 4.52. The molecule has 0 bridgehead atoms. The Labute approximate surface area is 112 Å². The maximum atomic E-state index is 4.32. The zero-order valence-corrected chi connectivity index (χ0v) is 10.8. The fourth-order valence-electron chi connectivity index (χ4n) is 2.28. The summed E-state index contributed by atoms with van der Waals surface area (Å²) >= 11 is 0. The molecular weight excluding hydrogens is 234 g/mol. The normalized spacial score (nSPS) is 10.8. The van der Waals surface area contributed by atoms with Gasteiger partial charge in [0.1, 0.15) is 0 Å². The second-order valence-corrected chi connectivity index (χ2v) is 4.52. The highest BCUT2D eigenvalue weighted by Crippen LogP contribution is 2.27. The van der Waals surface area contributed by atoms with Gasteiger partial charge in [0, 0.05) is 47.8 Å². The predicted octanol–water partition coefficient (Wildman–Crippen LogP) is 3.02. The minimum atomic E-state index is 0.818. The molecule has 1 N–H and O–H groups in total. The highest BCUT2D eigenvalue weighted by Gasteiger charge is 2.05. The Hall–Kier alpha value is -2.26. The molecule has 2 heterocycles. The lowest BCUT2D eigenvalue weighted by molar-refractivity contribution is 0.813. The standard InChI is InChI=1S/C16H15N3/c1-17-7-12-6-14(10-18-8-12)16-11-19-9-13-4-2-3-5-15(13)16/h2-6,8-11,17H,7H2,1H3. The van der Waals surface area contributed by atoms with Crippen molar-refractivity contribution >= 4 is 10.8 Å². The van der Waals surface area contributed by atoms with Crippen LogP contribution in [-0.4, -0.2) is 17.0 Å². The van der Waals surface area contributed by atoms with Crippen molar-refractivity contribution < 1.29 is 0 Å². The first-order valence-corrected chi connectivity index (χ1v) is 6.30. The minimum absolute atomic E-state index is 0.818. The number of fused-ring (bicyclic) bond motifs is 1. The van der Waals surface area contributed by atoms with Crippen molar-refractivity contribution in [3.63, 3.8) is 0 Å². The van der Waals surface area contributed by atoms with Crippen molar-refractivity contribution in [3.8, 4) is 11.1 Å². The average Bonchev–Trinajstić information content (AvgIpc) is 2.47. The van der Waals surface area contributed by atoms with Gasteiger partial charge in [-0.2, -0.15) is 0 Å². The lowest BCUT2D eigenvalue weighted by Gasteiger charge is -2.07. The van der Waals surface area contributed by atoms with Crippen molar-refractivity contribution in [2.45, 2.75) is 6.54 Å². The van der Waals surface area contributed by atoms with Gasteiger partial charge in [-0.15, -0.1) is 0 Å². The summed E-state index contributed by atoms with van der Waals surface area (Å²) in [6.07, 6.45) is 7.58. The van der Waals surface area contributed by atoms with E-state index >= 15 is 0 Å². The lowest BCUT2D eigenvalue weighted by Crippen LogP contribution is -2.05. The third-order valence-corrected chi connectivity index (χ3v) is 3.15. The van der Waals surface area contributed by atoms with Crippen molar-refractivity contribution in [1.82, 2.24) is 15.3 Å². The molecule has 0 aliphatic carbocycles. The van der Waals surface area contributed by atoms with E-state index in [1.165, 1.54) is 10.9 Å². The Morgan fingerprint density at radius 1 is 1.00 bits per heavy atom. The molecule has 0 fully saturated rings. The van der Waals surface area contributed by atoms with Crippen LogP contribution in [0.1, 0.15) is 5.56 Å². The van der Waals surface area contributed by atoms with Crippen LogP contribution in [0.4, 0.5) is 0 Å². The number of benzene rings is 1. The van der Waals surface area contributed by atoms with E-state index in [4.69, 9.17) is 0 Å². The van der Waals surface area contributed by atoms with Crippen LogP contribution in [-0.2, 0) is 6.54 Å². The molecule has 0 atom stereocenters. The lowest BCUT2D eigenvalue weighted by atomic mass is 10.0. The van der Waals surface area contributed by atoms with Gasteiger partial charge >= 0.3 is 0 Å². The molecule has 0 saturated carbocycles. The van der Waals surface area contributed by atoms with E-state index in [1.807, 2.05) is 37.9 Å². The quantitative estimate of drug-likeness (QED) is 0.775. The fraction of sp³-hybridized carbons (Fsp3) is 0.125. The molecule has 0 unspecified atom stereocenters. The van der Waals surface area contributed by atoms with Crippen LogP contribution in [0.25, 0.3) is 21.9 Å². The summed E-state index contributed by atoms with van der Waals surface area (Å²) in [6, 6.07) is 10.4. The van der Waals surface area contributed by atoms with Crippen LogP contribution in [0.2, 0.25) is 0 Å². The Kier molecular flexibility index (Phi) is 3.21. The summed E-state index contributed by atoms with van der Waals surface area (Å²) in [6.45, 7) is 0.818. The largest absolute Gasteiger partial charge is 0.316 e. The summed E-state index contributed by atoms with van der Waals surface area (Å²) in [7, 11) is 1.94. The van der Waals surface area contributed by atoms with Gasteiger partial charge in [-0.05, 0) is 24.1 Å². The molecule has 3 heteroatoms. The van der Waals surface area contributed by atoms with Gasteiger partial charge in [-0.1, -0.05) is 24.3 Å². The molecule has 0 radical (unpaired) electrons. The van der Waals surface area contributed by atoms with Gasteiger partial charge in [0.2, 0.25) is 0 Å². The van der Waals surface area contributed by atoms with Crippen LogP contribution < -0.4 is 5.32 Å². The van der Waals surface area contributed by atoms with Gasteiger partial charge in [0.15, 0.2) is 0 Å². The van der Waals surface area contributed by atoms with E-state index in [0.717, 1.165) is 23.1 Å². The van der Waals surface area contributed by atoms with E-state index in [0.29, 0.717) is 0 Å². The van der Waals surface area contributed by atoms with Crippen LogP contribution in [0, 0.1) is 0 Å². The third kappa shape index (κ3) is 2.33. The molecule has 19 heavy (non-hydrogen) atoms. The minimum Gasteiger partial charge on any atom is -0.316 e. The number of hydrogen-bond donors (Lipinski definition) is 1. The van der Waals surface area contributed by atoms with Crippen molar-refractivity contribution in [2.75, 3.05) is 7.05 Å². The first-order valence-electron chi connectivity index (χ1n) is 6.30. The zero-order valence-electron chi connectivity index (χ0n) is 10.8. The first-order chi connectivity index (χ1) is 9.38. The molecule has 0 aliphatic rings. The monoisotopic (exact) mass is 249 g/mol. The van der Waals surface area contributed by atoms with Crippen LogP contribution in [0.5, 0.6) is 0 Å². The molecule has 3 aromatic rings. The van der Waals surface area contributed by atoms with Crippen LogP contribution in [0.3, 0.4) is 0 Å². The fourth-order valence-corrected chi connectivity index (χ4v) is 2.28. The molecule has 0 spiro atoms. The molecule has 0 saturated heterocycles. The smallest absolute Gasteiger partial charge is 0.0353 e. The van der Waals surface area contributed by atoms with Crippen molar-refractivity contribution in [1.29, 1.82) is 0 Å². The maximum Gasteiger partial charge on any atom is 0.0353 e. The van der Waals surface area contributed by atoms with Gasteiger partial charge in [0.25, 0.3) is 0 Å². The number of rotatable bonds is 3. The first kappa shape index (κ1) is 11.8. The molecule has 3 rings (SSSR count). The van der Waals surface area contributed by atoms with Crippen molar-refractivity contribution in [3.05, 3.63) is 60.7 Å². The number of aromatic nitrogens is 2. The van der Waals surface area contributed by atoms with E-state index in [9.17, 15) is 0 Å². The number of hydrogen-bond acceptors (Lipinski definition) is 3. The van der Waals surface area contributed by atoms with Gasteiger partial charge in [-0.3, -0.25) is 9.97 Å². The number of nitrogens with one attached hydrogen (secondary N) is 1. The molecule has 0 aliphatic heterocycles. The Bertz CT molecular complexity index is 702. The molecule has 1 aromatic carbocycles. The summed E-state index contributed by atoms with van der Waals surface area (Å²) < 4.78 is 0. The molecular formula is C16H15N3. The maximum absolute atomic E-state index is 4.32. The summed E-state index contributed by atoms with van der Waals surface area (Å²) in [5.74, 6) is 0. The van der Waals surface area contributed by atoms with Crippen molar-refractivity contribution in [2.24, 2.45) is 0 Å². The van der Waals surface area contributed by atoms with Gasteiger partial charge in [0.05, 0.1) is 0 Å². The van der Waals surface area contributed by atoms with E-state index in [2.05, 4.69) is 39.6 Å². The molecule has 94 valence electrons. The number of pyridine rings is 2. The highest BCUT2D eigenvalue weighted by atomic mass is 14.8. The topological polar surface area (TPSA) is 37.8 Å². The van der Waals surface area contributed by atoms with Crippen LogP contribution in [0.15, 0.2) is 55.1 Å². The third-order valence-electron chi connectivity index (χ3n) is 3.15. The molecule has 3 nitrogen and oxygen atoms in total. The number of nitrogens with zero attached hydrogens (tertiary/aromatic N) is 2. The Morgan fingerprint density at radius 3 is 2.74 bits per heavy atom. The average molecular weight is 249 g/mol. The summed E-state index contributed by atoms with van der Waals surface area (Å²) in [4.78, 5) is 8.64. The Morgan fingerprint density at radius 2 is 1.84 bits per heavy atom. The van der Waals surface area contributed by atoms with Gasteiger partial charge < -0.3 is 5.32 Å². The highest BCUT2D eigenvalue weighted by molar-refractivity contribution is 5.95. The van der Waals surface area contributed by atoms with Gasteiger partial charge in [-0.25, -0.2) is 0 Å². The van der Waals surface area contributed by atoms with E-state index < -0.39 is 0 Å². The predicted molar refractivity (Wildman–Crippen MR) is 77.7 cm³/mol. The molecule has 2 aromatic heterocycles. The Balaban J connectivity index is 2.16. The van der Waals surface area contributed by atoms with E-state index in [1.54, 1.807) is 0 Å². The summed E-state index contributed by atoms with van der Waals surface area (Å²) in [5, 5.41) is 5.51. The van der Waals surface area contributed by atoms with Crippen LogP contribution >= 0.6 is 0 Å². The van der Waals surface area contributed by atoms with E-state index in [-0.39, 0.29) is 0 Å². The SMILES string of the molecule is CNCc1cncc(-c2cncc3ccccc23)c1. The second kappa shape index (κ2) is 5.16. The zero-order chi connectivity index (χ0) is 13.1. The summed E-state index contributed by atoms with van der Waals surface area (Å²) in [5.41, 5.74) is 3.41.